The maximum Gasteiger partial charge on any atom is 0.394 e. The van der Waals surface area contributed by atoms with Gasteiger partial charge in [0, 0.05) is 44.2 Å². The lowest BCUT2D eigenvalue weighted by Crippen LogP contribution is -2.65. The Balaban J connectivity index is 1.12. The third-order valence-corrected chi connectivity index (χ3v) is 11.9. The standard InChI is InChI=1S/C29H50F3N7OS/c1-27(2)17-20-5-4-13-33-22-6-3-7-24(35-22)41-34-18-21-8-9-23(36-25(21)39(27)19-20)38-16-15-37(26(38)40)14-12-28(10-11-28)29(30,31)32/h20-25,33-36H,3-19H2,1-2H3/t20-,21?,22?,23?,24?,25?/m0/s1. The molecule has 0 aromatic rings. The van der Waals surface area contributed by atoms with Gasteiger partial charge in [-0.1, -0.05) is 11.9 Å². The van der Waals surface area contributed by atoms with Crippen molar-refractivity contribution in [1.82, 2.24) is 35.4 Å². The van der Waals surface area contributed by atoms with Crippen molar-refractivity contribution in [2.24, 2.45) is 17.3 Å². The summed E-state index contributed by atoms with van der Waals surface area (Å²) in [6.45, 7) is 9.03. The summed E-state index contributed by atoms with van der Waals surface area (Å²) in [5.41, 5.74) is -1.50. The number of nitrogens with one attached hydrogen (secondary N) is 4. The molecule has 0 aromatic carbocycles. The molecule has 7 atom stereocenters. The van der Waals surface area contributed by atoms with Crippen LogP contribution in [0, 0.1) is 17.3 Å². The number of fused-ring (bicyclic) bond motifs is 6. The molecule has 8 nitrogen and oxygen atoms in total. The molecule has 6 aliphatic rings. The summed E-state index contributed by atoms with van der Waals surface area (Å²) in [5.74, 6) is 1.07. The Morgan fingerprint density at radius 3 is 2.63 bits per heavy atom. The van der Waals surface area contributed by atoms with Gasteiger partial charge in [0.15, 0.2) is 0 Å². The Morgan fingerprint density at radius 1 is 1.02 bits per heavy atom. The van der Waals surface area contributed by atoms with E-state index < -0.39 is 11.6 Å². The number of nitrogens with zero attached hydrogens (tertiary/aromatic N) is 3. The molecule has 0 aromatic heterocycles. The molecule has 2 amide bonds. The summed E-state index contributed by atoms with van der Waals surface area (Å²) < 4.78 is 44.1. The lowest BCUT2D eigenvalue weighted by atomic mass is 9.90. The average Bonchev–Trinajstić information content (AvgIpc) is 3.56. The number of alkyl halides is 3. The molecule has 234 valence electrons. The first-order valence-electron chi connectivity index (χ1n) is 16.1. The van der Waals surface area contributed by atoms with Crippen molar-refractivity contribution in [3.8, 4) is 0 Å². The van der Waals surface area contributed by atoms with Crippen molar-refractivity contribution in [3.63, 3.8) is 0 Å². The van der Waals surface area contributed by atoms with Crippen molar-refractivity contribution in [2.75, 3.05) is 39.3 Å². The molecule has 41 heavy (non-hydrogen) atoms. The van der Waals surface area contributed by atoms with Gasteiger partial charge >= 0.3 is 12.2 Å². The van der Waals surface area contributed by atoms with Crippen molar-refractivity contribution in [2.45, 2.75) is 120 Å². The highest BCUT2D eigenvalue weighted by Gasteiger charge is 2.62. The number of carbonyl (C=O) groups is 1. The summed E-state index contributed by atoms with van der Waals surface area (Å²) in [4.78, 5) is 19.7. The van der Waals surface area contributed by atoms with Crippen molar-refractivity contribution in [1.29, 1.82) is 0 Å². The molecule has 1 saturated carbocycles. The number of carbonyl (C=O) groups excluding carboxylic acids is 1. The van der Waals surface area contributed by atoms with Gasteiger partial charge in [0.25, 0.3) is 0 Å². The Hall–Kier alpha value is -0.790. The van der Waals surface area contributed by atoms with Crippen LogP contribution in [-0.2, 0) is 0 Å². The van der Waals surface area contributed by atoms with E-state index in [0.717, 1.165) is 32.5 Å². The molecular formula is C29H50F3N7OS. The number of hydrogen-bond acceptors (Lipinski definition) is 7. The van der Waals surface area contributed by atoms with Gasteiger partial charge in [-0.05, 0) is 96.9 Å². The number of urea groups is 1. The van der Waals surface area contributed by atoms with Crippen LogP contribution in [0.15, 0.2) is 0 Å². The van der Waals surface area contributed by atoms with Crippen LogP contribution >= 0.6 is 11.9 Å². The first-order chi connectivity index (χ1) is 19.5. The number of hydrogen-bond donors (Lipinski definition) is 4. The van der Waals surface area contributed by atoms with Gasteiger partial charge in [-0.2, -0.15) is 13.2 Å². The molecule has 6 fully saturated rings. The SMILES string of the molecule is CC1(C)C[C@@H]2CCCNC3CCCC(N3)SNCC3CCC(N4CCN(CCC5(C(F)(F)F)CC5)C4=O)NC3N1C2. The number of rotatable bonds is 4. The molecule has 4 bridgehead atoms. The van der Waals surface area contributed by atoms with Crippen LogP contribution in [0.3, 0.4) is 0 Å². The molecule has 5 saturated heterocycles. The van der Waals surface area contributed by atoms with Gasteiger partial charge < -0.3 is 15.1 Å². The number of piperidine rings is 2. The normalized spacial score (nSPS) is 39.6. The average molecular weight is 602 g/mol. The van der Waals surface area contributed by atoms with Crippen LogP contribution < -0.4 is 20.7 Å². The predicted molar refractivity (Wildman–Crippen MR) is 156 cm³/mol. The van der Waals surface area contributed by atoms with E-state index in [-0.39, 0.29) is 49.7 Å². The molecule has 6 unspecified atom stereocenters. The van der Waals surface area contributed by atoms with Crippen LogP contribution in [0.5, 0.6) is 0 Å². The van der Waals surface area contributed by atoms with E-state index in [1.165, 1.54) is 38.5 Å². The second kappa shape index (κ2) is 12.0. The molecule has 5 aliphatic heterocycles. The summed E-state index contributed by atoms with van der Waals surface area (Å²) in [7, 11) is 0. The van der Waals surface area contributed by atoms with Crippen LogP contribution in [-0.4, -0.2) is 95.6 Å². The zero-order valence-corrected chi connectivity index (χ0v) is 25.6. The zero-order chi connectivity index (χ0) is 28.8. The monoisotopic (exact) mass is 601 g/mol. The summed E-state index contributed by atoms with van der Waals surface area (Å²) in [6.07, 6.45) is 5.76. The first-order valence-corrected chi connectivity index (χ1v) is 17.0. The fraction of sp³-hybridized carbons (Fsp3) is 0.966. The van der Waals surface area contributed by atoms with Crippen LogP contribution in [0.25, 0.3) is 0 Å². The van der Waals surface area contributed by atoms with Crippen LogP contribution in [0.1, 0.15) is 84.5 Å². The Kier molecular flexibility index (Phi) is 8.82. The van der Waals surface area contributed by atoms with Gasteiger partial charge in [0.1, 0.15) is 0 Å². The molecule has 12 heteroatoms. The highest BCUT2D eigenvalue weighted by Crippen LogP contribution is 2.60. The number of amides is 2. The van der Waals surface area contributed by atoms with E-state index in [4.69, 9.17) is 0 Å². The first kappa shape index (κ1) is 30.2. The lowest BCUT2D eigenvalue weighted by Gasteiger charge is -2.48. The zero-order valence-electron chi connectivity index (χ0n) is 24.8. The van der Waals surface area contributed by atoms with Gasteiger partial charge in [-0.3, -0.25) is 20.3 Å². The number of halogens is 3. The van der Waals surface area contributed by atoms with Crippen molar-refractivity contribution >= 4 is 18.0 Å². The second-order valence-electron chi connectivity index (χ2n) is 14.2. The van der Waals surface area contributed by atoms with Crippen molar-refractivity contribution in [3.05, 3.63) is 0 Å². The maximum absolute atomic E-state index is 13.5. The highest BCUT2D eigenvalue weighted by molar-refractivity contribution is 7.98. The van der Waals surface area contributed by atoms with E-state index >= 15 is 0 Å². The Labute approximate surface area is 247 Å². The molecule has 5 heterocycles. The molecule has 1 aliphatic carbocycles. The minimum atomic E-state index is -4.17. The highest BCUT2D eigenvalue weighted by atomic mass is 32.2. The summed E-state index contributed by atoms with van der Waals surface area (Å²) >= 11 is 1.83. The van der Waals surface area contributed by atoms with Gasteiger partial charge in [0.05, 0.1) is 29.3 Å². The fourth-order valence-corrected chi connectivity index (χ4v) is 9.22. The molecular weight excluding hydrogens is 551 g/mol. The van der Waals surface area contributed by atoms with E-state index in [0.29, 0.717) is 36.5 Å². The minimum absolute atomic E-state index is 0.0255. The Bertz CT molecular complexity index is 935. The Morgan fingerprint density at radius 2 is 1.85 bits per heavy atom. The third-order valence-electron chi connectivity index (χ3n) is 10.9. The van der Waals surface area contributed by atoms with E-state index in [1.54, 1.807) is 4.90 Å². The molecule has 4 N–H and O–H groups in total. The second-order valence-corrected chi connectivity index (χ2v) is 15.3. The fourth-order valence-electron chi connectivity index (χ4n) is 8.20. The van der Waals surface area contributed by atoms with E-state index in [2.05, 4.69) is 39.4 Å². The quantitative estimate of drug-likeness (QED) is 0.359. The van der Waals surface area contributed by atoms with E-state index in [1.807, 2.05) is 16.8 Å². The van der Waals surface area contributed by atoms with E-state index in [9.17, 15) is 18.0 Å². The van der Waals surface area contributed by atoms with Crippen LogP contribution in [0.4, 0.5) is 18.0 Å². The topological polar surface area (TPSA) is 74.9 Å². The molecule has 0 radical (unpaired) electrons. The maximum atomic E-state index is 13.5. The largest absolute Gasteiger partial charge is 0.394 e. The summed E-state index contributed by atoms with van der Waals surface area (Å²) in [5, 5.41) is 11.9. The van der Waals surface area contributed by atoms with Gasteiger partial charge in [-0.15, -0.1) is 0 Å². The summed E-state index contributed by atoms with van der Waals surface area (Å²) in [6, 6.07) is -0.103. The predicted octanol–water partition coefficient (Wildman–Crippen LogP) is 4.26. The smallest absolute Gasteiger partial charge is 0.323 e. The van der Waals surface area contributed by atoms with Crippen LogP contribution in [0.2, 0.25) is 0 Å². The van der Waals surface area contributed by atoms with Gasteiger partial charge in [0.2, 0.25) is 0 Å². The van der Waals surface area contributed by atoms with Crippen molar-refractivity contribution < 1.29 is 18.0 Å². The third kappa shape index (κ3) is 6.53. The minimum Gasteiger partial charge on any atom is -0.323 e. The lowest BCUT2D eigenvalue weighted by molar-refractivity contribution is -0.189. The van der Waals surface area contributed by atoms with Gasteiger partial charge in [-0.25, -0.2) is 4.79 Å². The molecule has 6 rings (SSSR count). The molecule has 0 spiro atoms.